The molecule has 1 N–H and O–H groups in total. The summed E-state index contributed by atoms with van der Waals surface area (Å²) >= 11 is 0. The van der Waals surface area contributed by atoms with E-state index in [0.717, 1.165) is 35.4 Å². The maximum atomic E-state index is 12.7. The third-order valence-electron chi connectivity index (χ3n) is 4.28. The van der Waals surface area contributed by atoms with Crippen molar-refractivity contribution in [3.8, 4) is 5.75 Å². The molecule has 0 unspecified atom stereocenters. The predicted molar refractivity (Wildman–Crippen MR) is 99.9 cm³/mol. The summed E-state index contributed by atoms with van der Waals surface area (Å²) in [6.07, 6.45) is 2.72. The van der Waals surface area contributed by atoms with Crippen molar-refractivity contribution in [1.29, 1.82) is 0 Å². The Hall–Kier alpha value is -1.55. The SMILES string of the molecule is CCC[C@](C)(OCC)C(=O)Nc1cc(C)c(O[C@H](C)CC)c(C)c1. The summed E-state index contributed by atoms with van der Waals surface area (Å²) in [5.74, 6) is 0.809. The van der Waals surface area contributed by atoms with Crippen LogP contribution in [0.15, 0.2) is 12.1 Å². The van der Waals surface area contributed by atoms with Crippen LogP contribution in [0.2, 0.25) is 0 Å². The van der Waals surface area contributed by atoms with E-state index >= 15 is 0 Å². The van der Waals surface area contributed by atoms with Crippen LogP contribution < -0.4 is 10.1 Å². The molecule has 0 saturated carbocycles. The highest BCUT2D eigenvalue weighted by Gasteiger charge is 2.33. The molecule has 0 fully saturated rings. The van der Waals surface area contributed by atoms with E-state index in [4.69, 9.17) is 9.47 Å². The number of carbonyl (C=O) groups excluding carboxylic acids is 1. The zero-order valence-corrected chi connectivity index (χ0v) is 16.3. The van der Waals surface area contributed by atoms with Crippen molar-refractivity contribution >= 4 is 11.6 Å². The van der Waals surface area contributed by atoms with Gasteiger partial charge in [-0.2, -0.15) is 0 Å². The normalized spacial score (nSPS) is 14.8. The van der Waals surface area contributed by atoms with Crippen LogP contribution in [0.4, 0.5) is 5.69 Å². The van der Waals surface area contributed by atoms with Gasteiger partial charge in [-0.1, -0.05) is 20.3 Å². The summed E-state index contributed by atoms with van der Waals surface area (Å²) in [4.78, 5) is 12.7. The van der Waals surface area contributed by atoms with Crippen molar-refractivity contribution in [3.63, 3.8) is 0 Å². The Balaban J connectivity index is 2.97. The number of ether oxygens (including phenoxy) is 2. The minimum atomic E-state index is -0.794. The van der Waals surface area contributed by atoms with Gasteiger partial charge in [0.05, 0.1) is 6.10 Å². The fourth-order valence-electron chi connectivity index (χ4n) is 2.80. The van der Waals surface area contributed by atoms with Crippen molar-refractivity contribution in [2.75, 3.05) is 11.9 Å². The first kappa shape index (κ1) is 20.5. The van der Waals surface area contributed by atoms with Crippen LogP contribution in [0, 0.1) is 13.8 Å². The van der Waals surface area contributed by atoms with Gasteiger partial charge in [0.2, 0.25) is 0 Å². The van der Waals surface area contributed by atoms with Crippen molar-refractivity contribution in [2.45, 2.75) is 79.4 Å². The molecule has 0 aliphatic heterocycles. The molecule has 0 aliphatic rings. The highest BCUT2D eigenvalue weighted by atomic mass is 16.5. The van der Waals surface area contributed by atoms with E-state index in [2.05, 4.69) is 26.1 Å². The second-order valence-electron chi connectivity index (χ2n) is 6.64. The van der Waals surface area contributed by atoms with Gasteiger partial charge in [0.15, 0.2) is 0 Å². The number of aryl methyl sites for hydroxylation is 2. The van der Waals surface area contributed by atoms with Gasteiger partial charge in [-0.15, -0.1) is 0 Å². The molecule has 4 heteroatoms. The number of hydrogen-bond donors (Lipinski definition) is 1. The molecule has 0 saturated heterocycles. The molecular formula is C20H33NO3. The summed E-state index contributed by atoms with van der Waals surface area (Å²) in [5, 5.41) is 3.01. The topological polar surface area (TPSA) is 47.6 Å². The van der Waals surface area contributed by atoms with E-state index in [-0.39, 0.29) is 12.0 Å². The third kappa shape index (κ3) is 5.23. The number of amides is 1. The molecule has 0 aliphatic carbocycles. The summed E-state index contributed by atoms with van der Waals surface area (Å²) in [7, 11) is 0. The molecule has 0 aromatic heterocycles. The maximum Gasteiger partial charge on any atom is 0.256 e. The number of rotatable bonds is 9. The summed E-state index contributed by atoms with van der Waals surface area (Å²) in [5.41, 5.74) is 2.05. The largest absolute Gasteiger partial charge is 0.490 e. The van der Waals surface area contributed by atoms with Gasteiger partial charge in [0.25, 0.3) is 5.91 Å². The maximum absolute atomic E-state index is 12.7. The van der Waals surface area contributed by atoms with E-state index in [1.807, 2.05) is 39.8 Å². The summed E-state index contributed by atoms with van der Waals surface area (Å²) in [6.45, 7) is 14.5. The van der Waals surface area contributed by atoms with Gasteiger partial charge < -0.3 is 14.8 Å². The van der Waals surface area contributed by atoms with Crippen LogP contribution in [-0.2, 0) is 9.53 Å². The molecule has 1 aromatic carbocycles. The molecule has 0 radical (unpaired) electrons. The van der Waals surface area contributed by atoms with E-state index in [0.29, 0.717) is 13.0 Å². The Morgan fingerprint density at radius 2 is 1.79 bits per heavy atom. The zero-order valence-electron chi connectivity index (χ0n) is 16.3. The number of hydrogen-bond acceptors (Lipinski definition) is 3. The van der Waals surface area contributed by atoms with Gasteiger partial charge >= 0.3 is 0 Å². The number of carbonyl (C=O) groups is 1. The standard InChI is InChI=1S/C20H33NO3/c1-8-11-20(7,23-10-3)19(22)21-17-12-14(4)18(15(5)13-17)24-16(6)9-2/h12-13,16H,8-11H2,1-7H3,(H,21,22)/t16-,20+/m1/s1. The number of nitrogens with one attached hydrogen (secondary N) is 1. The van der Waals surface area contributed by atoms with E-state index < -0.39 is 5.60 Å². The lowest BCUT2D eigenvalue weighted by molar-refractivity contribution is -0.139. The van der Waals surface area contributed by atoms with E-state index in [1.165, 1.54) is 0 Å². The first-order valence-electron chi connectivity index (χ1n) is 9.00. The molecule has 1 rings (SSSR count). The van der Waals surface area contributed by atoms with Gasteiger partial charge in [-0.25, -0.2) is 0 Å². The second kappa shape index (κ2) is 9.07. The average molecular weight is 335 g/mol. The van der Waals surface area contributed by atoms with Gasteiger partial charge in [-0.05, 0) is 70.7 Å². The third-order valence-corrected chi connectivity index (χ3v) is 4.28. The Morgan fingerprint density at radius 3 is 2.25 bits per heavy atom. The lowest BCUT2D eigenvalue weighted by Gasteiger charge is -2.28. The van der Waals surface area contributed by atoms with Crippen LogP contribution >= 0.6 is 0 Å². The molecule has 0 spiro atoms. The Labute approximate surface area is 146 Å². The Kier molecular flexibility index (Phi) is 7.74. The van der Waals surface area contributed by atoms with Crippen LogP contribution in [0.1, 0.15) is 65.0 Å². The van der Waals surface area contributed by atoms with E-state index in [9.17, 15) is 4.79 Å². The predicted octanol–water partition coefficient (Wildman–Crippen LogP) is 5.01. The van der Waals surface area contributed by atoms with Gasteiger partial charge in [0.1, 0.15) is 11.4 Å². The molecule has 0 bridgehead atoms. The monoisotopic (exact) mass is 335 g/mol. The molecule has 0 heterocycles. The average Bonchev–Trinajstić information content (AvgIpc) is 2.51. The zero-order chi connectivity index (χ0) is 18.3. The highest BCUT2D eigenvalue weighted by Crippen LogP contribution is 2.29. The van der Waals surface area contributed by atoms with E-state index in [1.54, 1.807) is 0 Å². The van der Waals surface area contributed by atoms with Crippen molar-refractivity contribution < 1.29 is 14.3 Å². The summed E-state index contributed by atoms with van der Waals surface area (Å²) < 4.78 is 11.7. The minimum absolute atomic E-state index is 0.0967. The fourth-order valence-corrected chi connectivity index (χ4v) is 2.80. The van der Waals surface area contributed by atoms with Crippen molar-refractivity contribution in [1.82, 2.24) is 0 Å². The highest BCUT2D eigenvalue weighted by molar-refractivity contribution is 5.97. The van der Waals surface area contributed by atoms with Crippen LogP contribution in [0.25, 0.3) is 0 Å². The lowest BCUT2D eigenvalue weighted by Crippen LogP contribution is -2.42. The van der Waals surface area contributed by atoms with Crippen molar-refractivity contribution in [2.24, 2.45) is 0 Å². The first-order chi connectivity index (χ1) is 11.3. The molecule has 1 aromatic rings. The van der Waals surface area contributed by atoms with Crippen LogP contribution in [-0.4, -0.2) is 24.2 Å². The molecular weight excluding hydrogens is 302 g/mol. The minimum Gasteiger partial charge on any atom is -0.490 e. The quantitative estimate of drug-likeness (QED) is 0.689. The smallest absolute Gasteiger partial charge is 0.256 e. The van der Waals surface area contributed by atoms with Gasteiger partial charge in [0, 0.05) is 12.3 Å². The Morgan fingerprint density at radius 1 is 1.21 bits per heavy atom. The Bertz CT molecular complexity index is 525. The molecule has 4 nitrogen and oxygen atoms in total. The first-order valence-corrected chi connectivity index (χ1v) is 9.00. The molecule has 2 atom stereocenters. The van der Waals surface area contributed by atoms with Gasteiger partial charge in [-0.3, -0.25) is 4.79 Å². The fraction of sp³-hybridized carbons (Fsp3) is 0.650. The molecule has 24 heavy (non-hydrogen) atoms. The summed E-state index contributed by atoms with van der Waals surface area (Å²) in [6, 6.07) is 3.92. The molecule has 136 valence electrons. The second-order valence-corrected chi connectivity index (χ2v) is 6.64. The number of benzene rings is 1. The van der Waals surface area contributed by atoms with Crippen molar-refractivity contribution in [3.05, 3.63) is 23.3 Å². The van der Waals surface area contributed by atoms with Crippen LogP contribution in [0.5, 0.6) is 5.75 Å². The lowest BCUT2D eigenvalue weighted by atomic mass is 9.98. The number of anilines is 1. The molecule has 1 amide bonds. The van der Waals surface area contributed by atoms with Crippen LogP contribution in [0.3, 0.4) is 0 Å².